The molecule has 1 fully saturated rings. The van der Waals surface area contributed by atoms with Gasteiger partial charge in [0.05, 0.1) is 0 Å². The Kier molecular flexibility index (Phi) is 7.82. The summed E-state index contributed by atoms with van der Waals surface area (Å²) in [4.78, 5) is 4.83. The highest BCUT2D eigenvalue weighted by atomic mass is 16.3. The smallest absolute Gasteiger partial charge is 0.115 e. The maximum absolute atomic E-state index is 9.90. The van der Waals surface area contributed by atoms with Crippen LogP contribution in [0.15, 0.2) is 90.2 Å². The zero-order valence-corrected chi connectivity index (χ0v) is 19.5. The second kappa shape index (κ2) is 11.2. The van der Waals surface area contributed by atoms with Crippen molar-refractivity contribution in [1.29, 1.82) is 0 Å². The van der Waals surface area contributed by atoms with Crippen LogP contribution < -0.4 is 0 Å². The van der Waals surface area contributed by atoms with Gasteiger partial charge in [-0.05, 0) is 78.4 Å². The van der Waals surface area contributed by atoms with Crippen LogP contribution in [0.25, 0.3) is 11.1 Å². The van der Waals surface area contributed by atoms with Crippen LogP contribution in [-0.2, 0) is 0 Å². The molecule has 4 nitrogen and oxygen atoms in total. The molecule has 172 valence electrons. The summed E-state index contributed by atoms with van der Waals surface area (Å²) >= 11 is 0. The molecule has 33 heavy (non-hydrogen) atoms. The van der Waals surface area contributed by atoms with Gasteiger partial charge in [0, 0.05) is 38.5 Å². The van der Waals surface area contributed by atoms with E-state index in [1.54, 1.807) is 12.1 Å². The molecule has 4 heteroatoms. The molecule has 2 aromatic rings. The van der Waals surface area contributed by atoms with Crippen molar-refractivity contribution in [1.82, 2.24) is 9.80 Å². The SMILES string of the molecule is CN1CCN(C2=CC=C(/C(=C(/CCCO)c3ccccc3)c3ccc(O)cc3)CC=C2)CC1. The molecule has 2 N–H and O–H groups in total. The van der Waals surface area contributed by atoms with Crippen molar-refractivity contribution in [3.8, 4) is 5.75 Å². The Balaban J connectivity index is 1.80. The normalized spacial score (nSPS) is 17.8. The largest absolute Gasteiger partial charge is 0.508 e. The number of hydrogen-bond donors (Lipinski definition) is 2. The molecule has 0 aromatic heterocycles. The highest BCUT2D eigenvalue weighted by molar-refractivity contribution is 5.98. The summed E-state index contributed by atoms with van der Waals surface area (Å²) in [5.41, 5.74) is 7.19. The molecular weight excluding hydrogens is 408 g/mol. The fourth-order valence-electron chi connectivity index (χ4n) is 4.57. The van der Waals surface area contributed by atoms with Gasteiger partial charge in [0.25, 0.3) is 0 Å². The van der Waals surface area contributed by atoms with Gasteiger partial charge in [0.1, 0.15) is 5.75 Å². The lowest BCUT2D eigenvalue weighted by Crippen LogP contribution is -2.43. The van der Waals surface area contributed by atoms with Crippen molar-refractivity contribution in [3.05, 3.63) is 101 Å². The number of aliphatic hydroxyl groups is 1. The third kappa shape index (κ3) is 5.84. The first-order chi connectivity index (χ1) is 16.2. The van der Waals surface area contributed by atoms with Crippen LogP contribution in [0, 0.1) is 0 Å². The zero-order valence-electron chi connectivity index (χ0n) is 19.5. The first-order valence-corrected chi connectivity index (χ1v) is 11.9. The predicted molar refractivity (Wildman–Crippen MR) is 137 cm³/mol. The van der Waals surface area contributed by atoms with E-state index in [1.807, 2.05) is 18.2 Å². The molecule has 0 bridgehead atoms. The maximum atomic E-state index is 9.90. The van der Waals surface area contributed by atoms with Gasteiger partial charge in [0.2, 0.25) is 0 Å². The van der Waals surface area contributed by atoms with E-state index in [9.17, 15) is 10.2 Å². The summed E-state index contributed by atoms with van der Waals surface area (Å²) in [5.74, 6) is 0.265. The number of phenolic OH excluding ortho intramolecular Hbond substituents is 1. The van der Waals surface area contributed by atoms with Gasteiger partial charge < -0.3 is 20.0 Å². The molecule has 4 rings (SSSR count). The number of aromatic hydroxyl groups is 1. The Morgan fingerprint density at radius 1 is 0.879 bits per heavy atom. The molecule has 1 saturated heterocycles. The van der Waals surface area contributed by atoms with Crippen molar-refractivity contribution in [3.63, 3.8) is 0 Å². The van der Waals surface area contributed by atoms with E-state index in [1.165, 1.54) is 28.0 Å². The van der Waals surface area contributed by atoms with Gasteiger partial charge >= 0.3 is 0 Å². The van der Waals surface area contributed by atoms with E-state index < -0.39 is 0 Å². The Morgan fingerprint density at radius 3 is 2.30 bits per heavy atom. The quantitative estimate of drug-likeness (QED) is 0.586. The molecule has 2 aromatic carbocycles. The molecule has 1 aliphatic carbocycles. The number of piperazine rings is 1. The van der Waals surface area contributed by atoms with Crippen molar-refractivity contribution in [2.75, 3.05) is 39.8 Å². The Bertz CT molecular complexity index is 1040. The molecule has 0 spiro atoms. The van der Waals surface area contributed by atoms with Gasteiger partial charge in [-0.3, -0.25) is 0 Å². The van der Waals surface area contributed by atoms with Crippen LogP contribution >= 0.6 is 0 Å². The number of rotatable bonds is 7. The number of nitrogens with zero attached hydrogens (tertiary/aromatic N) is 2. The third-order valence-corrected chi connectivity index (χ3v) is 6.44. The molecule has 2 aliphatic rings. The van der Waals surface area contributed by atoms with E-state index in [2.05, 4.69) is 65.4 Å². The molecule has 0 amide bonds. The summed E-state index contributed by atoms with van der Waals surface area (Å²) < 4.78 is 0. The van der Waals surface area contributed by atoms with Gasteiger partial charge in [-0.15, -0.1) is 0 Å². The minimum Gasteiger partial charge on any atom is -0.508 e. The molecule has 0 atom stereocenters. The lowest BCUT2D eigenvalue weighted by Gasteiger charge is -2.34. The Labute approximate surface area is 197 Å². The van der Waals surface area contributed by atoms with Crippen molar-refractivity contribution in [2.45, 2.75) is 19.3 Å². The van der Waals surface area contributed by atoms with Crippen molar-refractivity contribution in [2.24, 2.45) is 0 Å². The third-order valence-electron chi connectivity index (χ3n) is 6.44. The van der Waals surface area contributed by atoms with Gasteiger partial charge in [0.15, 0.2) is 0 Å². The molecular formula is C29H34N2O2. The number of aliphatic hydroxyl groups excluding tert-OH is 1. The standard InChI is InChI=1S/C29H34N2O2/c1-30-18-20-31(21-19-30)26-10-5-9-24(12-15-26)29(25-13-16-27(33)17-14-25)28(11-6-22-32)23-7-3-2-4-8-23/h2-5,7-8,10,12-17,32-33H,6,9,11,18-22H2,1H3/b29-28+. The van der Waals surface area contributed by atoms with Gasteiger partial charge in [-0.25, -0.2) is 0 Å². The van der Waals surface area contributed by atoms with Crippen LogP contribution in [0.1, 0.15) is 30.4 Å². The minimum atomic E-state index is 0.158. The second-order valence-electron chi connectivity index (χ2n) is 8.77. The van der Waals surface area contributed by atoms with E-state index in [4.69, 9.17) is 0 Å². The lowest BCUT2D eigenvalue weighted by molar-refractivity contribution is 0.190. The van der Waals surface area contributed by atoms with Crippen LogP contribution in [0.5, 0.6) is 5.75 Å². The summed E-state index contributed by atoms with van der Waals surface area (Å²) in [6.07, 6.45) is 11.3. The summed E-state index contributed by atoms with van der Waals surface area (Å²) in [5, 5.41) is 19.5. The lowest BCUT2D eigenvalue weighted by atomic mass is 9.85. The fraction of sp³-hybridized carbons (Fsp3) is 0.310. The summed E-state index contributed by atoms with van der Waals surface area (Å²) in [7, 11) is 2.18. The fourth-order valence-corrected chi connectivity index (χ4v) is 4.57. The second-order valence-corrected chi connectivity index (χ2v) is 8.77. The molecule has 1 heterocycles. The number of phenols is 1. The summed E-state index contributed by atoms with van der Waals surface area (Å²) in [6, 6.07) is 17.9. The zero-order chi connectivity index (χ0) is 23.0. The molecule has 0 unspecified atom stereocenters. The van der Waals surface area contributed by atoms with Crippen molar-refractivity contribution < 1.29 is 10.2 Å². The monoisotopic (exact) mass is 442 g/mol. The van der Waals surface area contributed by atoms with Crippen LogP contribution in [0.4, 0.5) is 0 Å². The summed E-state index contributed by atoms with van der Waals surface area (Å²) in [6.45, 7) is 4.41. The van der Waals surface area contributed by atoms with Crippen molar-refractivity contribution >= 4 is 11.1 Å². The van der Waals surface area contributed by atoms with E-state index in [0.717, 1.165) is 44.6 Å². The molecule has 0 saturated carbocycles. The van der Waals surface area contributed by atoms with E-state index >= 15 is 0 Å². The number of benzene rings is 2. The average molecular weight is 443 g/mol. The average Bonchev–Trinajstić information content (AvgIpc) is 3.10. The van der Waals surface area contributed by atoms with Crippen LogP contribution in [-0.4, -0.2) is 59.8 Å². The topological polar surface area (TPSA) is 46.9 Å². The first-order valence-electron chi connectivity index (χ1n) is 11.9. The number of allylic oxidation sites excluding steroid dienone is 7. The molecule has 1 aliphatic heterocycles. The molecule has 0 radical (unpaired) electrons. The van der Waals surface area contributed by atoms with Gasteiger partial charge in [-0.1, -0.05) is 54.6 Å². The highest BCUT2D eigenvalue weighted by Gasteiger charge is 2.18. The Hall–Kier alpha value is -3.08. The van der Waals surface area contributed by atoms with E-state index in [-0.39, 0.29) is 12.4 Å². The highest BCUT2D eigenvalue weighted by Crippen LogP contribution is 2.38. The minimum absolute atomic E-state index is 0.158. The predicted octanol–water partition coefficient (Wildman–Crippen LogP) is 5.09. The van der Waals surface area contributed by atoms with Crippen LogP contribution in [0.2, 0.25) is 0 Å². The van der Waals surface area contributed by atoms with Gasteiger partial charge in [-0.2, -0.15) is 0 Å². The van der Waals surface area contributed by atoms with E-state index in [0.29, 0.717) is 6.42 Å². The number of hydrogen-bond acceptors (Lipinski definition) is 4. The first kappa shape index (κ1) is 23.1. The maximum Gasteiger partial charge on any atom is 0.115 e. The van der Waals surface area contributed by atoms with Crippen LogP contribution in [0.3, 0.4) is 0 Å². The Morgan fingerprint density at radius 2 is 1.61 bits per heavy atom. The number of likely N-dealkylation sites (N-methyl/N-ethyl adjacent to an activating group) is 1.